The van der Waals surface area contributed by atoms with Crippen molar-refractivity contribution in [3.8, 4) is 0 Å². The second-order valence-corrected chi connectivity index (χ2v) is 6.45. The van der Waals surface area contributed by atoms with Crippen molar-refractivity contribution in [1.82, 2.24) is 10.0 Å². The van der Waals surface area contributed by atoms with Crippen LogP contribution in [0.1, 0.15) is 13.3 Å². The van der Waals surface area contributed by atoms with Crippen molar-refractivity contribution >= 4 is 27.0 Å². The van der Waals surface area contributed by atoms with E-state index in [2.05, 4.69) is 22.0 Å². The standard InChI is InChI=1S/C8H17N3O2S2/c1-7-3-6-14-8(11-7)9-4-5-10-15(2,12)13/h7,10H,3-6H2,1-2H3,(H,9,11). The zero-order valence-corrected chi connectivity index (χ0v) is 10.6. The molecule has 1 heterocycles. The van der Waals surface area contributed by atoms with E-state index in [0.29, 0.717) is 19.1 Å². The average Bonchev–Trinajstić information content (AvgIpc) is 2.11. The smallest absolute Gasteiger partial charge is 0.208 e. The fourth-order valence-electron chi connectivity index (χ4n) is 1.14. The molecule has 1 aliphatic rings. The molecule has 0 amide bonds. The molecule has 1 aliphatic heterocycles. The van der Waals surface area contributed by atoms with E-state index in [4.69, 9.17) is 0 Å². The molecule has 0 radical (unpaired) electrons. The van der Waals surface area contributed by atoms with Gasteiger partial charge in [0.05, 0.1) is 12.8 Å². The summed E-state index contributed by atoms with van der Waals surface area (Å²) in [6.07, 6.45) is 2.29. The number of aliphatic imine (C=N–C) groups is 1. The first-order chi connectivity index (χ1) is 6.97. The van der Waals surface area contributed by atoms with Crippen molar-refractivity contribution in [1.29, 1.82) is 0 Å². The second-order valence-electron chi connectivity index (χ2n) is 3.54. The van der Waals surface area contributed by atoms with Crippen LogP contribution in [0.3, 0.4) is 0 Å². The van der Waals surface area contributed by atoms with Gasteiger partial charge in [-0.3, -0.25) is 4.99 Å². The maximum Gasteiger partial charge on any atom is 0.208 e. The van der Waals surface area contributed by atoms with Crippen LogP contribution in [0.4, 0.5) is 0 Å². The zero-order chi connectivity index (χ0) is 11.3. The molecule has 1 fully saturated rings. The van der Waals surface area contributed by atoms with E-state index in [9.17, 15) is 8.42 Å². The van der Waals surface area contributed by atoms with Gasteiger partial charge in [-0.2, -0.15) is 0 Å². The van der Waals surface area contributed by atoms with Gasteiger partial charge in [0.15, 0.2) is 5.17 Å². The van der Waals surface area contributed by atoms with Gasteiger partial charge in [0.2, 0.25) is 10.0 Å². The molecule has 0 aromatic rings. The van der Waals surface area contributed by atoms with Crippen molar-refractivity contribution in [3.05, 3.63) is 0 Å². The Balaban J connectivity index is 2.25. The summed E-state index contributed by atoms with van der Waals surface area (Å²) >= 11 is 1.69. The van der Waals surface area contributed by atoms with Crippen LogP contribution in [0.15, 0.2) is 4.99 Å². The number of nitrogens with zero attached hydrogens (tertiary/aromatic N) is 1. The summed E-state index contributed by atoms with van der Waals surface area (Å²) in [6, 6.07) is 0.466. The van der Waals surface area contributed by atoms with Gasteiger partial charge in [0.1, 0.15) is 0 Å². The number of rotatable bonds is 4. The lowest BCUT2D eigenvalue weighted by Crippen LogP contribution is -2.36. The highest BCUT2D eigenvalue weighted by Gasteiger charge is 2.12. The van der Waals surface area contributed by atoms with Crippen LogP contribution in [-0.4, -0.2) is 44.7 Å². The van der Waals surface area contributed by atoms with Gasteiger partial charge in [-0.1, -0.05) is 11.8 Å². The Kier molecular flexibility index (Phi) is 4.88. The summed E-state index contributed by atoms with van der Waals surface area (Å²) in [4.78, 5) is 4.28. The fraction of sp³-hybridized carbons (Fsp3) is 0.875. The van der Waals surface area contributed by atoms with Gasteiger partial charge in [-0.25, -0.2) is 13.1 Å². The molecule has 0 aromatic carbocycles. The highest BCUT2D eigenvalue weighted by molar-refractivity contribution is 8.13. The number of sulfonamides is 1. The number of thioether (sulfide) groups is 1. The van der Waals surface area contributed by atoms with E-state index in [1.165, 1.54) is 0 Å². The summed E-state index contributed by atoms with van der Waals surface area (Å²) in [7, 11) is -3.08. The number of nitrogens with one attached hydrogen (secondary N) is 2. The fourth-order valence-corrected chi connectivity index (χ4v) is 2.73. The minimum atomic E-state index is -3.08. The molecule has 0 aromatic heterocycles. The Morgan fingerprint density at radius 3 is 3.00 bits per heavy atom. The van der Waals surface area contributed by atoms with E-state index < -0.39 is 10.0 Å². The van der Waals surface area contributed by atoms with Crippen LogP contribution < -0.4 is 10.0 Å². The zero-order valence-electron chi connectivity index (χ0n) is 8.99. The quantitative estimate of drug-likeness (QED) is 0.690. The van der Waals surface area contributed by atoms with Gasteiger partial charge >= 0.3 is 0 Å². The first-order valence-electron chi connectivity index (χ1n) is 4.86. The predicted molar refractivity (Wildman–Crippen MR) is 64.8 cm³/mol. The highest BCUT2D eigenvalue weighted by atomic mass is 32.2. The van der Waals surface area contributed by atoms with E-state index in [1.807, 2.05) is 0 Å². The summed E-state index contributed by atoms with van der Waals surface area (Å²) < 4.78 is 23.9. The Hall–Kier alpha value is -0.270. The maximum atomic E-state index is 10.8. The molecule has 1 atom stereocenters. The van der Waals surface area contributed by atoms with Gasteiger partial charge in [0.25, 0.3) is 0 Å². The summed E-state index contributed by atoms with van der Waals surface area (Å²) in [5, 5.41) is 4.17. The first kappa shape index (κ1) is 12.8. The molecule has 0 aliphatic carbocycles. The van der Waals surface area contributed by atoms with Gasteiger partial charge in [0, 0.05) is 18.3 Å². The van der Waals surface area contributed by atoms with Crippen molar-refractivity contribution in [2.75, 3.05) is 25.1 Å². The molecule has 0 spiro atoms. The maximum absolute atomic E-state index is 10.8. The molecular formula is C8H17N3O2S2. The third-order valence-electron chi connectivity index (χ3n) is 1.89. The lowest BCUT2D eigenvalue weighted by Gasteiger charge is -2.21. The number of hydrogen-bond acceptors (Lipinski definition) is 4. The molecule has 1 rings (SSSR count). The van der Waals surface area contributed by atoms with Gasteiger partial charge in [-0.05, 0) is 13.3 Å². The monoisotopic (exact) mass is 251 g/mol. The van der Waals surface area contributed by atoms with Crippen LogP contribution >= 0.6 is 11.8 Å². The van der Waals surface area contributed by atoms with Crippen molar-refractivity contribution in [3.63, 3.8) is 0 Å². The molecule has 0 bridgehead atoms. The summed E-state index contributed by atoms with van der Waals surface area (Å²) in [6.45, 7) is 2.96. The normalized spacial score (nSPS) is 25.2. The van der Waals surface area contributed by atoms with Crippen LogP contribution in [0.2, 0.25) is 0 Å². The Bertz CT molecular complexity index is 327. The summed E-state index contributed by atoms with van der Waals surface area (Å²) in [5.74, 6) is 1.08. The number of amidine groups is 1. The van der Waals surface area contributed by atoms with Crippen LogP contribution in [0.25, 0.3) is 0 Å². The lowest BCUT2D eigenvalue weighted by atomic mass is 10.3. The molecule has 2 N–H and O–H groups in total. The number of hydrogen-bond donors (Lipinski definition) is 2. The van der Waals surface area contributed by atoms with Crippen LogP contribution in [-0.2, 0) is 10.0 Å². The van der Waals surface area contributed by atoms with Crippen molar-refractivity contribution < 1.29 is 8.42 Å². The second kappa shape index (κ2) is 5.72. The van der Waals surface area contributed by atoms with Gasteiger partial charge < -0.3 is 5.32 Å². The molecular weight excluding hydrogens is 234 g/mol. The molecule has 1 saturated heterocycles. The molecule has 0 saturated carbocycles. The topological polar surface area (TPSA) is 70.6 Å². The van der Waals surface area contributed by atoms with Crippen LogP contribution in [0.5, 0.6) is 0 Å². The third-order valence-corrected chi connectivity index (χ3v) is 3.58. The first-order valence-corrected chi connectivity index (χ1v) is 7.73. The molecule has 15 heavy (non-hydrogen) atoms. The van der Waals surface area contributed by atoms with E-state index in [1.54, 1.807) is 11.8 Å². The minimum Gasteiger partial charge on any atom is -0.362 e. The Labute approximate surface area is 95.2 Å². The van der Waals surface area contributed by atoms with Gasteiger partial charge in [-0.15, -0.1) is 0 Å². The third kappa shape index (κ3) is 6.01. The largest absolute Gasteiger partial charge is 0.362 e. The minimum absolute atomic E-state index is 0.360. The Morgan fingerprint density at radius 2 is 2.40 bits per heavy atom. The Morgan fingerprint density at radius 1 is 1.67 bits per heavy atom. The van der Waals surface area contributed by atoms with E-state index >= 15 is 0 Å². The van der Waals surface area contributed by atoms with Crippen molar-refractivity contribution in [2.45, 2.75) is 19.4 Å². The van der Waals surface area contributed by atoms with Crippen LogP contribution in [0, 0.1) is 0 Å². The molecule has 1 unspecified atom stereocenters. The highest BCUT2D eigenvalue weighted by Crippen LogP contribution is 2.12. The van der Waals surface area contributed by atoms with Crippen molar-refractivity contribution in [2.24, 2.45) is 4.99 Å². The SMILES string of the molecule is CC1CCSC(=NCCNS(C)(=O)=O)N1. The summed E-state index contributed by atoms with van der Waals surface area (Å²) in [5.41, 5.74) is 0. The average molecular weight is 251 g/mol. The van der Waals surface area contributed by atoms with E-state index in [0.717, 1.165) is 23.6 Å². The van der Waals surface area contributed by atoms with E-state index in [-0.39, 0.29) is 0 Å². The predicted octanol–water partition coefficient (Wildman–Crippen LogP) is 0.00660. The molecule has 5 nitrogen and oxygen atoms in total. The lowest BCUT2D eigenvalue weighted by molar-refractivity contribution is 0.588. The molecule has 88 valence electrons. The molecule has 7 heteroatoms.